The van der Waals surface area contributed by atoms with E-state index in [4.69, 9.17) is 16.3 Å². The van der Waals surface area contributed by atoms with E-state index in [0.29, 0.717) is 29.2 Å². The van der Waals surface area contributed by atoms with E-state index in [0.717, 1.165) is 12.1 Å². The molecular formula is C17H27ClN4O2. The predicted octanol–water partition coefficient (Wildman–Crippen LogP) is 2.13. The van der Waals surface area contributed by atoms with Crippen LogP contribution in [0.3, 0.4) is 0 Å². The van der Waals surface area contributed by atoms with Crippen LogP contribution >= 0.6 is 11.6 Å². The van der Waals surface area contributed by atoms with Gasteiger partial charge in [-0.3, -0.25) is 4.79 Å². The highest BCUT2D eigenvalue weighted by atomic mass is 35.5. The molecule has 0 unspecified atom stereocenters. The van der Waals surface area contributed by atoms with Gasteiger partial charge in [0.1, 0.15) is 5.75 Å². The van der Waals surface area contributed by atoms with Crippen LogP contribution in [-0.4, -0.2) is 51.1 Å². The summed E-state index contributed by atoms with van der Waals surface area (Å²) in [7, 11) is 5.03. The first-order valence-electron chi connectivity index (χ1n) is 7.88. The molecule has 0 aliphatic heterocycles. The molecule has 134 valence electrons. The average Bonchev–Trinajstić information content (AvgIpc) is 2.53. The van der Waals surface area contributed by atoms with Gasteiger partial charge in [0.25, 0.3) is 0 Å². The topological polar surface area (TPSA) is 66.0 Å². The normalized spacial score (nSPS) is 11.4. The molecule has 2 N–H and O–H groups in total. The number of halogens is 1. The van der Waals surface area contributed by atoms with Crippen LogP contribution < -0.4 is 15.4 Å². The summed E-state index contributed by atoms with van der Waals surface area (Å²) >= 11 is 6.13. The van der Waals surface area contributed by atoms with Crippen molar-refractivity contribution in [2.24, 2.45) is 10.9 Å². The van der Waals surface area contributed by atoms with Gasteiger partial charge in [-0.2, -0.15) is 0 Å². The minimum atomic E-state index is -0.0125. The number of ether oxygens (including phenoxy) is 1. The van der Waals surface area contributed by atoms with Crippen molar-refractivity contribution in [1.29, 1.82) is 0 Å². The molecule has 7 heteroatoms. The molecule has 0 saturated carbocycles. The first-order chi connectivity index (χ1) is 11.3. The maximum atomic E-state index is 11.7. The van der Waals surface area contributed by atoms with Gasteiger partial charge in [0, 0.05) is 20.6 Å². The molecule has 24 heavy (non-hydrogen) atoms. The van der Waals surface area contributed by atoms with Crippen molar-refractivity contribution in [3.05, 3.63) is 28.8 Å². The molecule has 6 nitrogen and oxygen atoms in total. The van der Waals surface area contributed by atoms with Crippen LogP contribution in [0.1, 0.15) is 19.4 Å². The molecule has 0 spiro atoms. The Kier molecular flexibility index (Phi) is 8.40. The highest BCUT2D eigenvalue weighted by Crippen LogP contribution is 2.25. The molecule has 1 rings (SSSR count). The van der Waals surface area contributed by atoms with Crippen molar-refractivity contribution < 1.29 is 9.53 Å². The zero-order valence-corrected chi connectivity index (χ0v) is 15.8. The number of methoxy groups -OCH3 is 1. The van der Waals surface area contributed by atoms with Gasteiger partial charge in [0.2, 0.25) is 5.91 Å². The molecule has 0 saturated heterocycles. The van der Waals surface area contributed by atoms with Gasteiger partial charge < -0.3 is 20.3 Å². The summed E-state index contributed by atoms with van der Waals surface area (Å²) in [4.78, 5) is 17.8. The molecule has 0 atom stereocenters. The number of rotatable bonds is 7. The summed E-state index contributed by atoms with van der Waals surface area (Å²) in [5.41, 5.74) is 0.963. The van der Waals surface area contributed by atoms with Crippen molar-refractivity contribution in [3.8, 4) is 5.75 Å². The Labute approximate surface area is 149 Å². The summed E-state index contributed by atoms with van der Waals surface area (Å²) in [6.07, 6.45) is 0. The summed E-state index contributed by atoms with van der Waals surface area (Å²) in [6.45, 7) is 5.64. The van der Waals surface area contributed by atoms with Crippen molar-refractivity contribution in [3.63, 3.8) is 0 Å². The third-order valence-electron chi connectivity index (χ3n) is 3.22. The van der Waals surface area contributed by atoms with Gasteiger partial charge in [-0.05, 0) is 23.6 Å². The second-order valence-electron chi connectivity index (χ2n) is 6.05. The standard InChI is InChI=1S/C17H27ClN4O2/c1-12(2)9-19-17(21-11-16(23)22(3)4)20-10-13-6-7-15(24-5)14(18)8-13/h6-8,12H,9-11H2,1-5H3,(H2,19,20,21). The fraction of sp³-hybridized carbons (Fsp3) is 0.529. The maximum Gasteiger partial charge on any atom is 0.241 e. The Hall–Kier alpha value is -1.95. The van der Waals surface area contributed by atoms with Crippen LogP contribution in [0.5, 0.6) is 5.75 Å². The Morgan fingerprint density at radius 1 is 1.33 bits per heavy atom. The molecule has 0 heterocycles. The fourth-order valence-electron chi connectivity index (χ4n) is 1.77. The Morgan fingerprint density at radius 3 is 2.58 bits per heavy atom. The zero-order chi connectivity index (χ0) is 18.1. The van der Waals surface area contributed by atoms with Gasteiger partial charge in [-0.1, -0.05) is 31.5 Å². The first-order valence-corrected chi connectivity index (χ1v) is 8.26. The molecule has 0 radical (unpaired) electrons. The van der Waals surface area contributed by atoms with Crippen LogP contribution in [0, 0.1) is 5.92 Å². The number of guanidine groups is 1. The zero-order valence-electron chi connectivity index (χ0n) is 15.0. The first kappa shape index (κ1) is 20.1. The SMILES string of the molecule is COc1ccc(CN=C(NCC(=O)N(C)C)NCC(C)C)cc1Cl. The van der Waals surface area contributed by atoms with Crippen LogP contribution in [0.15, 0.2) is 23.2 Å². The van der Waals surface area contributed by atoms with E-state index >= 15 is 0 Å². The van der Waals surface area contributed by atoms with Crippen molar-refractivity contribution in [2.45, 2.75) is 20.4 Å². The van der Waals surface area contributed by atoms with Crippen molar-refractivity contribution >= 4 is 23.5 Å². The third-order valence-corrected chi connectivity index (χ3v) is 3.51. The summed E-state index contributed by atoms with van der Waals surface area (Å²) in [5, 5.41) is 6.84. The molecule has 0 fully saturated rings. The molecular weight excluding hydrogens is 328 g/mol. The maximum absolute atomic E-state index is 11.7. The Balaban J connectivity index is 2.75. The number of carbonyl (C=O) groups is 1. The number of amides is 1. The van der Waals surface area contributed by atoms with E-state index in [1.807, 2.05) is 18.2 Å². The Morgan fingerprint density at radius 2 is 2.04 bits per heavy atom. The van der Waals surface area contributed by atoms with E-state index in [1.54, 1.807) is 21.2 Å². The lowest BCUT2D eigenvalue weighted by Gasteiger charge is -2.16. The number of likely N-dealkylation sites (N-methyl/N-ethyl adjacent to an activating group) is 1. The molecule has 0 aliphatic carbocycles. The van der Waals surface area contributed by atoms with Gasteiger partial charge in [-0.25, -0.2) is 4.99 Å². The van der Waals surface area contributed by atoms with Crippen LogP contribution in [0.4, 0.5) is 0 Å². The second-order valence-corrected chi connectivity index (χ2v) is 6.46. The van der Waals surface area contributed by atoms with E-state index < -0.39 is 0 Å². The molecule has 0 aliphatic rings. The largest absolute Gasteiger partial charge is 0.495 e. The molecule has 1 aromatic rings. The van der Waals surface area contributed by atoms with Crippen molar-refractivity contribution in [2.75, 3.05) is 34.3 Å². The smallest absolute Gasteiger partial charge is 0.241 e. The highest BCUT2D eigenvalue weighted by Gasteiger charge is 2.07. The molecule has 0 bridgehead atoms. The van der Waals surface area contributed by atoms with Gasteiger partial charge >= 0.3 is 0 Å². The highest BCUT2D eigenvalue weighted by molar-refractivity contribution is 6.32. The number of benzene rings is 1. The number of nitrogens with one attached hydrogen (secondary N) is 2. The minimum absolute atomic E-state index is 0.0125. The quantitative estimate of drug-likeness (QED) is 0.581. The second kappa shape index (κ2) is 10.0. The number of hydrogen-bond donors (Lipinski definition) is 2. The third kappa shape index (κ3) is 7.08. The number of aliphatic imine (C=N–C) groups is 1. The molecule has 1 amide bonds. The summed E-state index contributed by atoms with van der Waals surface area (Å²) in [6, 6.07) is 5.56. The Bertz CT molecular complexity index is 574. The summed E-state index contributed by atoms with van der Waals surface area (Å²) < 4.78 is 5.14. The lowest BCUT2D eigenvalue weighted by Crippen LogP contribution is -2.44. The monoisotopic (exact) mass is 354 g/mol. The van der Waals surface area contributed by atoms with Gasteiger partial charge in [0.15, 0.2) is 5.96 Å². The van der Waals surface area contributed by atoms with E-state index in [2.05, 4.69) is 29.5 Å². The van der Waals surface area contributed by atoms with E-state index in [9.17, 15) is 4.79 Å². The lowest BCUT2D eigenvalue weighted by molar-refractivity contribution is -0.127. The number of hydrogen-bond acceptors (Lipinski definition) is 3. The van der Waals surface area contributed by atoms with E-state index in [1.165, 1.54) is 4.90 Å². The predicted molar refractivity (Wildman–Crippen MR) is 98.7 cm³/mol. The van der Waals surface area contributed by atoms with Crippen LogP contribution in [-0.2, 0) is 11.3 Å². The lowest BCUT2D eigenvalue weighted by atomic mass is 10.2. The van der Waals surface area contributed by atoms with E-state index in [-0.39, 0.29) is 12.5 Å². The molecule has 0 aromatic heterocycles. The van der Waals surface area contributed by atoms with Crippen LogP contribution in [0.25, 0.3) is 0 Å². The minimum Gasteiger partial charge on any atom is -0.495 e. The fourth-order valence-corrected chi connectivity index (χ4v) is 2.05. The van der Waals surface area contributed by atoms with Crippen LogP contribution in [0.2, 0.25) is 5.02 Å². The van der Waals surface area contributed by atoms with Crippen molar-refractivity contribution in [1.82, 2.24) is 15.5 Å². The van der Waals surface area contributed by atoms with Gasteiger partial charge in [0.05, 0.1) is 25.2 Å². The summed E-state index contributed by atoms with van der Waals surface area (Å²) in [5.74, 6) is 1.70. The number of nitrogens with zero attached hydrogens (tertiary/aromatic N) is 2. The number of carbonyl (C=O) groups excluding carboxylic acids is 1. The average molecular weight is 355 g/mol. The van der Waals surface area contributed by atoms with Gasteiger partial charge in [-0.15, -0.1) is 0 Å². The molecule has 1 aromatic carbocycles.